The molecule has 0 atom stereocenters. The Labute approximate surface area is 60.1 Å². The molecule has 0 heterocycles. The van der Waals surface area contributed by atoms with Gasteiger partial charge in [0.05, 0.1) is 0 Å². The lowest BCUT2D eigenvalue weighted by atomic mass is 10.1. The average molecular weight is 124 g/mol. The second kappa shape index (κ2) is 2.14. The molecule has 0 spiro atoms. The third-order valence-electron chi connectivity index (χ3n) is 1.37. The van der Waals surface area contributed by atoms with Gasteiger partial charge in [0.1, 0.15) is 0 Å². The summed E-state index contributed by atoms with van der Waals surface area (Å²) >= 11 is 0. The molecule has 10 heavy (non-hydrogen) atoms. The van der Waals surface area contributed by atoms with E-state index in [1.807, 2.05) is 24.3 Å². The summed E-state index contributed by atoms with van der Waals surface area (Å²) in [4.78, 5) is 0. The topological polar surface area (TPSA) is 0 Å². The molecule has 2 aromatic rings. The van der Waals surface area contributed by atoms with Crippen molar-refractivity contribution in [3.05, 3.63) is 48.5 Å². The van der Waals surface area contributed by atoms with Gasteiger partial charge < -0.3 is 0 Å². The molecule has 44 valence electrons. The molecular weight excluding hydrogens is 120 g/mol. The number of hydrogen-bond donors (Lipinski definition) is 0. The van der Waals surface area contributed by atoms with Crippen LogP contribution in [0.4, 0.5) is 0 Å². The van der Waals surface area contributed by atoms with Crippen molar-refractivity contribution in [3.8, 4) is 0 Å². The van der Waals surface area contributed by atoms with E-state index in [0.717, 1.165) is 10.8 Å². The Morgan fingerprint density at radius 3 is 1.80 bits per heavy atom. The summed E-state index contributed by atoms with van der Waals surface area (Å²) in [5.41, 5.74) is 0. The standard InChI is InChI=1S/C10H4/c1-2-6-10-8-4-3-7-9(10)5-1/h1,4-5,8H. The van der Waals surface area contributed by atoms with E-state index in [1.54, 1.807) is 0 Å². The van der Waals surface area contributed by atoms with E-state index in [9.17, 15) is 0 Å². The van der Waals surface area contributed by atoms with Gasteiger partial charge in [-0.2, -0.15) is 0 Å². The second-order valence-electron chi connectivity index (χ2n) is 2.03. The second-order valence-corrected chi connectivity index (χ2v) is 2.03. The van der Waals surface area contributed by atoms with E-state index in [2.05, 4.69) is 24.3 Å². The van der Waals surface area contributed by atoms with Crippen LogP contribution in [-0.4, -0.2) is 0 Å². The molecular formula is C10H4. The molecule has 0 heteroatoms. The van der Waals surface area contributed by atoms with Crippen LogP contribution in [-0.2, 0) is 0 Å². The fourth-order valence-corrected chi connectivity index (χ4v) is 0.886. The minimum atomic E-state index is 1.04. The van der Waals surface area contributed by atoms with Crippen LogP contribution >= 0.6 is 0 Å². The fourth-order valence-electron chi connectivity index (χ4n) is 0.886. The highest BCUT2D eigenvalue weighted by molar-refractivity contribution is 5.80. The maximum atomic E-state index is 2.97. The largest absolute Gasteiger partial charge is 0.0531 e. The van der Waals surface area contributed by atoms with Crippen LogP contribution < -0.4 is 0 Å². The van der Waals surface area contributed by atoms with Crippen molar-refractivity contribution in [2.75, 3.05) is 0 Å². The Morgan fingerprint density at radius 2 is 1.30 bits per heavy atom. The van der Waals surface area contributed by atoms with Gasteiger partial charge in [0.15, 0.2) is 0 Å². The van der Waals surface area contributed by atoms with Crippen molar-refractivity contribution in [3.63, 3.8) is 0 Å². The number of benzene rings is 2. The van der Waals surface area contributed by atoms with Crippen LogP contribution in [0.15, 0.2) is 24.3 Å². The first kappa shape index (κ1) is 5.48. The molecule has 0 N–H and O–H groups in total. The molecule has 2 aromatic carbocycles. The highest BCUT2D eigenvalue weighted by atomic mass is 13.9. The Morgan fingerprint density at radius 1 is 0.800 bits per heavy atom. The minimum Gasteiger partial charge on any atom is -0.0531 e. The summed E-state index contributed by atoms with van der Waals surface area (Å²) in [6, 6.07) is 19.2. The van der Waals surface area contributed by atoms with Crippen molar-refractivity contribution < 1.29 is 0 Å². The summed E-state index contributed by atoms with van der Waals surface area (Å²) in [7, 11) is 0. The predicted octanol–water partition coefficient (Wildman–Crippen LogP) is 2.04. The molecule has 0 aromatic heterocycles. The van der Waals surface area contributed by atoms with Gasteiger partial charge >= 0.3 is 0 Å². The lowest BCUT2D eigenvalue weighted by molar-refractivity contribution is 1.70. The maximum Gasteiger partial charge on any atom is -0.00139 e. The molecule has 0 unspecified atom stereocenters. The lowest BCUT2D eigenvalue weighted by Crippen LogP contribution is -1.69. The van der Waals surface area contributed by atoms with Gasteiger partial charge in [-0.25, -0.2) is 0 Å². The van der Waals surface area contributed by atoms with Crippen LogP contribution in [0.3, 0.4) is 0 Å². The van der Waals surface area contributed by atoms with E-state index in [1.165, 1.54) is 0 Å². The molecule has 0 bridgehead atoms. The smallest absolute Gasteiger partial charge is 0.00139 e. The summed E-state index contributed by atoms with van der Waals surface area (Å²) < 4.78 is 0. The predicted molar refractivity (Wildman–Crippen MR) is 39.3 cm³/mol. The third kappa shape index (κ3) is 0.781. The molecule has 0 saturated carbocycles. The summed E-state index contributed by atoms with van der Waals surface area (Å²) in [6.45, 7) is 0. The normalized spacial score (nSPS) is 10.0. The van der Waals surface area contributed by atoms with Gasteiger partial charge in [-0.3, -0.25) is 0 Å². The van der Waals surface area contributed by atoms with Gasteiger partial charge in [-0.15, -0.1) is 0 Å². The zero-order valence-electron chi connectivity index (χ0n) is 5.31. The van der Waals surface area contributed by atoms with Crippen LogP contribution in [0.2, 0.25) is 0 Å². The van der Waals surface area contributed by atoms with Crippen LogP contribution in [0.1, 0.15) is 0 Å². The first-order chi connectivity index (χ1) is 4.97. The maximum absolute atomic E-state index is 2.97. The third-order valence-corrected chi connectivity index (χ3v) is 1.37. The lowest BCUT2D eigenvalue weighted by Gasteiger charge is -1.90. The van der Waals surface area contributed by atoms with E-state index in [0.29, 0.717) is 0 Å². The van der Waals surface area contributed by atoms with Crippen molar-refractivity contribution in [2.24, 2.45) is 0 Å². The number of rotatable bonds is 0. The van der Waals surface area contributed by atoms with Crippen molar-refractivity contribution in [1.82, 2.24) is 0 Å². The van der Waals surface area contributed by atoms with Crippen LogP contribution in [0, 0.1) is 24.3 Å². The molecule has 0 amide bonds. The Bertz CT molecular complexity index is 271. The average Bonchev–Trinajstić information content (AvgIpc) is 2.05. The van der Waals surface area contributed by atoms with Crippen LogP contribution in [0.5, 0.6) is 0 Å². The van der Waals surface area contributed by atoms with Crippen molar-refractivity contribution >= 4 is 10.8 Å². The SMILES string of the molecule is [c]1[c]c2cc[c][c]c2cc1. The summed E-state index contributed by atoms with van der Waals surface area (Å²) in [6.07, 6.45) is 0. The molecule has 4 radical (unpaired) electrons. The van der Waals surface area contributed by atoms with Crippen LogP contribution in [0.25, 0.3) is 10.8 Å². The van der Waals surface area contributed by atoms with Crippen molar-refractivity contribution in [2.45, 2.75) is 0 Å². The minimum absolute atomic E-state index is 1.04. The highest BCUT2D eigenvalue weighted by Crippen LogP contribution is 2.09. The first-order valence-electron chi connectivity index (χ1n) is 3.07. The van der Waals surface area contributed by atoms with Gasteiger partial charge in [0.2, 0.25) is 0 Å². The molecule has 0 nitrogen and oxygen atoms in total. The van der Waals surface area contributed by atoms with Gasteiger partial charge in [0, 0.05) is 0 Å². The molecule has 0 aliphatic rings. The molecule has 0 aliphatic carbocycles. The number of fused-ring (bicyclic) bond motifs is 1. The Hall–Kier alpha value is -1.30. The summed E-state index contributed by atoms with van der Waals surface area (Å²) in [5, 5.41) is 2.09. The van der Waals surface area contributed by atoms with E-state index >= 15 is 0 Å². The first-order valence-corrected chi connectivity index (χ1v) is 3.07. The monoisotopic (exact) mass is 124 g/mol. The van der Waals surface area contributed by atoms with Crippen molar-refractivity contribution in [1.29, 1.82) is 0 Å². The molecule has 0 saturated heterocycles. The zero-order chi connectivity index (χ0) is 6.81. The van der Waals surface area contributed by atoms with E-state index in [-0.39, 0.29) is 0 Å². The molecule has 2 rings (SSSR count). The Balaban J connectivity index is 2.89. The highest BCUT2D eigenvalue weighted by Gasteiger charge is 1.87. The number of hydrogen-bond acceptors (Lipinski definition) is 0. The van der Waals surface area contributed by atoms with Gasteiger partial charge in [0.25, 0.3) is 0 Å². The summed E-state index contributed by atoms with van der Waals surface area (Å²) in [5.74, 6) is 0. The quantitative estimate of drug-likeness (QED) is 0.504. The molecule has 0 aliphatic heterocycles. The molecule has 0 fully saturated rings. The van der Waals surface area contributed by atoms with Gasteiger partial charge in [-0.1, -0.05) is 24.3 Å². The van der Waals surface area contributed by atoms with E-state index < -0.39 is 0 Å². The Kier molecular flexibility index (Phi) is 1.17. The zero-order valence-corrected chi connectivity index (χ0v) is 5.31. The van der Waals surface area contributed by atoms with Gasteiger partial charge in [-0.05, 0) is 35.0 Å². The fraction of sp³-hybridized carbons (Fsp3) is 0. The van der Waals surface area contributed by atoms with E-state index in [4.69, 9.17) is 0 Å².